The molecule has 1 saturated carbocycles. The topological polar surface area (TPSA) is 59.6 Å². The number of nitrogens with zero attached hydrogens (tertiary/aromatic N) is 1. The van der Waals surface area contributed by atoms with Gasteiger partial charge in [0, 0.05) is 25.8 Å². The normalized spacial score (nSPS) is 19.2. The van der Waals surface area contributed by atoms with Gasteiger partial charge in [0.25, 0.3) is 0 Å². The average Bonchev–Trinajstić information content (AvgIpc) is 2.20. The fourth-order valence-corrected chi connectivity index (χ4v) is 2.19. The summed E-state index contributed by atoms with van der Waals surface area (Å²) in [4.78, 5) is 4.46. The summed E-state index contributed by atoms with van der Waals surface area (Å²) in [5.74, 6) is 0.572. The zero-order valence-electron chi connectivity index (χ0n) is 11.5. The van der Waals surface area contributed by atoms with Gasteiger partial charge in [-0.05, 0) is 45.4 Å². The molecule has 1 aliphatic carbocycles. The summed E-state index contributed by atoms with van der Waals surface area (Å²) in [5, 5.41) is 3.13. The van der Waals surface area contributed by atoms with Crippen LogP contribution in [0.2, 0.25) is 0 Å². The largest absolute Gasteiger partial charge is 0.382 e. The van der Waals surface area contributed by atoms with E-state index in [1.165, 1.54) is 19.3 Å². The Morgan fingerprint density at radius 2 is 2.18 bits per heavy atom. The number of nitrogens with one attached hydrogen (secondary N) is 1. The molecule has 17 heavy (non-hydrogen) atoms. The molecule has 0 aromatic heterocycles. The van der Waals surface area contributed by atoms with Gasteiger partial charge in [0.05, 0.1) is 0 Å². The molecule has 0 spiro atoms. The number of aliphatic imine (C=N–C) groups is 1. The van der Waals surface area contributed by atoms with Crippen molar-refractivity contribution >= 4 is 5.96 Å². The lowest BCUT2D eigenvalue weighted by Gasteiger charge is -2.40. The van der Waals surface area contributed by atoms with Gasteiger partial charge in [-0.15, -0.1) is 0 Å². The number of nitrogens with two attached hydrogens (primary N) is 1. The van der Waals surface area contributed by atoms with Gasteiger partial charge in [-0.2, -0.15) is 0 Å². The Bertz CT molecular complexity index is 247. The van der Waals surface area contributed by atoms with E-state index in [4.69, 9.17) is 10.5 Å². The van der Waals surface area contributed by atoms with Crippen LogP contribution in [0.5, 0.6) is 0 Å². The van der Waals surface area contributed by atoms with Crippen molar-refractivity contribution in [1.82, 2.24) is 5.32 Å². The highest BCUT2D eigenvalue weighted by Crippen LogP contribution is 2.44. The number of rotatable bonds is 7. The minimum Gasteiger partial charge on any atom is -0.382 e. The summed E-state index contributed by atoms with van der Waals surface area (Å²) >= 11 is 0. The van der Waals surface area contributed by atoms with Gasteiger partial charge in [0.1, 0.15) is 0 Å². The molecule has 0 radical (unpaired) electrons. The molecule has 0 atom stereocenters. The predicted octanol–water partition coefficient (Wildman–Crippen LogP) is 1.90. The predicted molar refractivity (Wildman–Crippen MR) is 72.2 cm³/mol. The average molecular weight is 241 g/mol. The van der Waals surface area contributed by atoms with E-state index >= 15 is 0 Å². The van der Waals surface area contributed by atoms with Gasteiger partial charge >= 0.3 is 0 Å². The van der Waals surface area contributed by atoms with Crippen LogP contribution in [-0.2, 0) is 4.74 Å². The van der Waals surface area contributed by atoms with Crippen molar-refractivity contribution in [2.75, 3.05) is 19.8 Å². The first kappa shape index (κ1) is 14.3. The minimum absolute atomic E-state index is 0.347. The summed E-state index contributed by atoms with van der Waals surface area (Å²) in [6.45, 7) is 8.66. The molecule has 3 N–H and O–H groups in total. The second-order valence-electron chi connectivity index (χ2n) is 5.30. The molecule has 0 aromatic rings. The number of hydrogen-bond acceptors (Lipinski definition) is 2. The van der Waals surface area contributed by atoms with Crippen LogP contribution in [0.3, 0.4) is 0 Å². The second-order valence-corrected chi connectivity index (χ2v) is 5.30. The van der Waals surface area contributed by atoms with Gasteiger partial charge in [-0.1, -0.05) is 6.42 Å². The van der Waals surface area contributed by atoms with Crippen LogP contribution in [-0.4, -0.2) is 31.8 Å². The van der Waals surface area contributed by atoms with E-state index in [9.17, 15) is 0 Å². The fraction of sp³-hybridized carbons (Fsp3) is 0.923. The summed E-state index contributed by atoms with van der Waals surface area (Å²) in [6, 6.07) is 0.347. The maximum Gasteiger partial charge on any atom is 0.188 e. The van der Waals surface area contributed by atoms with Crippen LogP contribution >= 0.6 is 0 Å². The van der Waals surface area contributed by atoms with Gasteiger partial charge < -0.3 is 15.8 Å². The molecule has 4 heteroatoms. The van der Waals surface area contributed by atoms with Gasteiger partial charge in [0.15, 0.2) is 5.96 Å². The Hall–Kier alpha value is -0.770. The van der Waals surface area contributed by atoms with Crippen molar-refractivity contribution in [3.63, 3.8) is 0 Å². The molecule has 0 aromatic carbocycles. The Kier molecular flexibility index (Phi) is 5.75. The first-order chi connectivity index (χ1) is 8.08. The maximum absolute atomic E-state index is 5.82. The van der Waals surface area contributed by atoms with E-state index in [0.29, 0.717) is 17.4 Å². The van der Waals surface area contributed by atoms with Crippen molar-refractivity contribution < 1.29 is 4.74 Å². The molecule has 1 aliphatic rings. The molecule has 100 valence electrons. The minimum atomic E-state index is 0.347. The lowest BCUT2D eigenvalue weighted by molar-refractivity contribution is 0.0609. The molecule has 1 fully saturated rings. The lowest BCUT2D eigenvalue weighted by atomic mass is 9.67. The second kappa shape index (κ2) is 6.84. The van der Waals surface area contributed by atoms with Crippen LogP contribution in [0.4, 0.5) is 0 Å². The monoisotopic (exact) mass is 241 g/mol. The third kappa shape index (κ3) is 4.94. The summed E-state index contributed by atoms with van der Waals surface area (Å²) in [7, 11) is 0. The first-order valence-electron chi connectivity index (χ1n) is 6.72. The van der Waals surface area contributed by atoms with Crippen LogP contribution in [0.15, 0.2) is 4.99 Å². The van der Waals surface area contributed by atoms with E-state index in [1.807, 2.05) is 6.92 Å². The lowest BCUT2D eigenvalue weighted by Crippen LogP contribution is -2.39. The van der Waals surface area contributed by atoms with Gasteiger partial charge in [-0.3, -0.25) is 4.99 Å². The molecule has 0 unspecified atom stereocenters. The summed E-state index contributed by atoms with van der Waals surface area (Å²) in [5.41, 5.74) is 6.18. The van der Waals surface area contributed by atoms with Crippen LogP contribution in [0.1, 0.15) is 46.5 Å². The number of guanidine groups is 1. The van der Waals surface area contributed by atoms with Gasteiger partial charge in [0.2, 0.25) is 0 Å². The highest BCUT2D eigenvalue weighted by molar-refractivity contribution is 5.78. The zero-order valence-corrected chi connectivity index (χ0v) is 11.5. The van der Waals surface area contributed by atoms with E-state index in [2.05, 4.69) is 24.2 Å². The molecular formula is C13H27N3O. The van der Waals surface area contributed by atoms with Crippen molar-refractivity contribution in [3.05, 3.63) is 0 Å². The van der Waals surface area contributed by atoms with Crippen molar-refractivity contribution in [2.24, 2.45) is 16.1 Å². The molecule has 0 bridgehead atoms. The molecule has 0 amide bonds. The van der Waals surface area contributed by atoms with Crippen molar-refractivity contribution in [1.29, 1.82) is 0 Å². The van der Waals surface area contributed by atoms with E-state index in [-0.39, 0.29) is 0 Å². The van der Waals surface area contributed by atoms with E-state index < -0.39 is 0 Å². The summed E-state index contributed by atoms with van der Waals surface area (Å²) < 4.78 is 5.44. The van der Waals surface area contributed by atoms with Crippen molar-refractivity contribution in [3.8, 4) is 0 Å². The Morgan fingerprint density at radius 1 is 1.47 bits per heavy atom. The van der Waals surface area contributed by atoms with Crippen LogP contribution < -0.4 is 11.1 Å². The smallest absolute Gasteiger partial charge is 0.188 e. The molecule has 0 heterocycles. The Balaban J connectivity index is 2.35. The SMILES string of the molecule is CCOCCC1(CN=C(N)NC(C)C)CCC1. The first-order valence-corrected chi connectivity index (χ1v) is 6.72. The zero-order chi connectivity index (χ0) is 12.7. The third-order valence-electron chi connectivity index (χ3n) is 3.42. The highest BCUT2D eigenvalue weighted by Gasteiger charge is 2.36. The van der Waals surface area contributed by atoms with Crippen LogP contribution in [0.25, 0.3) is 0 Å². The standard InChI is InChI=1S/C13H27N3O/c1-4-17-9-8-13(6-5-7-13)10-15-12(14)16-11(2)3/h11H,4-10H2,1-3H3,(H3,14,15,16). The van der Waals surface area contributed by atoms with Gasteiger partial charge in [-0.25, -0.2) is 0 Å². The quantitative estimate of drug-likeness (QED) is 0.406. The Morgan fingerprint density at radius 3 is 2.65 bits per heavy atom. The van der Waals surface area contributed by atoms with E-state index in [0.717, 1.165) is 26.2 Å². The van der Waals surface area contributed by atoms with Crippen LogP contribution in [0, 0.1) is 5.41 Å². The molecule has 0 saturated heterocycles. The van der Waals surface area contributed by atoms with Crippen molar-refractivity contribution in [2.45, 2.75) is 52.5 Å². The summed E-state index contributed by atoms with van der Waals surface area (Å²) in [6.07, 6.45) is 4.95. The Labute approximate surface area is 105 Å². The fourth-order valence-electron chi connectivity index (χ4n) is 2.19. The third-order valence-corrected chi connectivity index (χ3v) is 3.42. The maximum atomic E-state index is 5.82. The molecular weight excluding hydrogens is 214 g/mol. The van der Waals surface area contributed by atoms with E-state index in [1.54, 1.807) is 0 Å². The molecule has 4 nitrogen and oxygen atoms in total. The number of hydrogen-bond donors (Lipinski definition) is 2. The molecule has 1 rings (SSSR count). The molecule has 0 aliphatic heterocycles. The number of ether oxygens (including phenoxy) is 1. The highest BCUT2D eigenvalue weighted by atomic mass is 16.5.